The molecule has 0 aliphatic heterocycles. The van der Waals surface area contributed by atoms with E-state index in [2.05, 4.69) is 5.73 Å². The second-order valence-corrected chi connectivity index (χ2v) is 1.15. The van der Waals surface area contributed by atoms with Crippen LogP contribution in [0.4, 0.5) is 0 Å². The summed E-state index contributed by atoms with van der Waals surface area (Å²) in [4.78, 5) is 0. The molecule has 0 fully saturated rings. The van der Waals surface area contributed by atoms with E-state index >= 15 is 0 Å². The Balaban J connectivity index is -0.0000000257. The van der Waals surface area contributed by atoms with Crippen LogP contribution in [0.1, 0.15) is 0 Å². The van der Waals surface area contributed by atoms with Crippen LogP contribution < -0.4 is 11.9 Å². The van der Waals surface area contributed by atoms with Crippen molar-refractivity contribution in [2.24, 2.45) is 5.73 Å². The molecule has 1 aromatic rings. The molecule has 0 bridgehead atoms. The van der Waals surface area contributed by atoms with Gasteiger partial charge in [-0.15, -0.1) is 50.9 Å². The molecule has 0 aliphatic rings. The summed E-state index contributed by atoms with van der Waals surface area (Å²) in [6.07, 6.45) is 0. The van der Waals surface area contributed by atoms with Gasteiger partial charge in [-0.05, 0) is 7.05 Å². The average molecular weight is 369 g/mol. The summed E-state index contributed by atoms with van der Waals surface area (Å²) in [6, 6.07) is 12.0. The van der Waals surface area contributed by atoms with Crippen LogP contribution >= 0.6 is 50.9 Å². The summed E-state index contributed by atoms with van der Waals surface area (Å²) < 4.78 is 0. The fourth-order valence-electron chi connectivity index (χ4n) is 0.385. The van der Waals surface area contributed by atoms with Gasteiger partial charge in [0.2, 0.25) is 0 Å². The zero-order valence-electron chi connectivity index (χ0n) is 6.97. The summed E-state index contributed by atoms with van der Waals surface area (Å²) in [6.45, 7) is 0. The van der Waals surface area contributed by atoms with Crippen molar-refractivity contribution in [3.05, 3.63) is 36.4 Å². The minimum atomic E-state index is 0. The molecule has 0 atom stereocenters. The Hall–Kier alpha value is 0.580. The van der Waals surface area contributed by atoms with E-state index in [4.69, 9.17) is 0 Å². The fourth-order valence-corrected chi connectivity index (χ4v) is 0.385. The molecule has 0 heterocycles. The summed E-state index contributed by atoms with van der Waals surface area (Å²) in [7, 11) is 1.50. The van der Waals surface area contributed by atoms with Crippen molar-refractivity contribution in [1.29, 1.82) is 0 Å². The highest BCUT2D eigenvalue weighted by Crippen LogP contribution is 1.79. The van der Waals surface area contributed by atoms with Crippen LogP contribution in [-0.4, -0.2) is 7.05 Å². The highest BCUT2D eigenvalue weighted by Gasteiger charge is 1.57. The second kappa shape index (κ2) is 29.9. The van der Waals surface area contributed by atoms with Gasteiger partial charge in [-0.3, -0.25) is 0 Å². The second-order valence-electron chi connectivity index (χ2n) is 1.15. The predicted molar refractivity (Wildman–Crippen MR) is 72.5 cm³/mol. The third kappa shape index (κ3) is 22.4. The molecular formula is C7H17Br3N2. The molecule has 76 valence electrons. The van der Waals surface area contributed by atoms with Crippen molar-refractivity contribution in [1.82, 2.24) is 6.15 Å². The van der Waals surface area contributed by atoms with Gasteiger partial charge in [-0.2, -0.15) is 0 Å². The predicted octanol–water partition coefficient (Wildman–Crippen LogP) is 3.16. The smallest absolute Gasteiger partial charge is 0.0195 e. The summed E-state index contributed by atoms with van der Waals surface area (Å²) >= 11 is 0. The van der Waals surface area contributed by atoms with Crippen LogP contribution in [0.3, 0.4) is 0 Å². The lowest BCUT2D eigenvalue weighted by Crippen LogP contribution is -1.69. The van der Waals surface area contributed by atoms with Crippen molar-refractivity contribution >= 4 is 50.9 Å². The van der Waals surface area contributed by atoms with Gasteiger partial charge in [0.1, 0.15) is 0 Å². The summed E-state index contributed by atoms with van der Waals surface area (Å²) in [5.41, 5.74) is 4.50. The zero-order chi connectivity index (χ0) is 6.24. The monoisotopic (exact) mass is 366 g/mol. The highest BCUT2D eigenvalue weighted by molar-refractivity contribution is 8.93. The van der Waals surface area contributed by atoms with Gasteiger partial charge in [-0.25, -0.2) is 0 Å². The van der Waals surface area contributed by atoms with Gasteiger partial charge in [0.25, 0.3) is 0 Å². The van der Waals surface area contributed by atoms with Crippen molar-refractivity contribution < 1.29 is 0 Å². The van der Waals surface area contributed by atoms with E-state index in [1.165, 1.54) is 7.05 Å². The van der Waals surface area contributed by atoms with Crippen LogP contribution in [0.2, 0.25) is 0 Å². The van der Waals surface area contributed by atoms with E-state index in [-0.39, 0.29) is 57.1 Å². The molecule has 2 nitrogen and oxygen atoms in total. The fraction of sp³-hybridized carbons (Fsp3) is 0.143. The molecule has 0 radical (unpaired) electrons. The molecule has 1 aromatic carbocycles. The third-order valence-electron chi connectivity index (χ3n) is 0.667. The van der Waals surface area contributed by atoms with Gasteiger partial charge in [0.15, 0.2) is 0 Å². The molecule has 0 unspecified atom stereocenters. The quantitative estimate of drug-likeness (QED) is 0.738. The van der Waals surface area contributed by atoms with Gasteiger partial charge in [-0.1, -0.05) is 36.4 Å². The lowest BCUT2D eigenvalue weighted by Gasteiger charge is -1.69. The molecule has 5 N–H and O–H groups in total. The number of hydrogen-bond acceptors (Lipinski definition) is 2. The molecule has 0 aliphatic carbocycles. The first kappa shape index (κ1) is 29.4. The maximum absolute atomic E-state index is 4.50. The molecule has 1 rings (SSSR count). The SMILES string of the molecule is Br.Br.Br.CN.N.c1ccccc1. The van der Waals surface area contributed by atoms with Crippen molar-refractivity contribution in [2.75, 3.05) is 7.05 Å². The Morgan fingerprint density at radius 2 is 0.667 bits per heavy atom. The molecule has 0 saturated carbocycles. The lowest BCUT2D eigenvalue weighted by atomic mass is 10.4. The van der Waals surface area contributed by atoms with Crippen LogP contribution in [0.15, 0.2) is 36.4 Å². The molecular weight excluding hydrogens is 352 g/mol. The Labute approximate surface area is 106 Å². The first-order valence-corrected chi connectivity index (χ1v) is 2.58. The van der Waals surface area contributed by atoms with Crippen LogP contribution in [-0.2, 0) is 0 Å². The molecule has 0 spiro atoms. The standard InChI is InChI=1S/C6H6.CH5N.3BrH.H3N/c1-2-4-6-5-3-1;1-2;;;;/h1-6H;2H2,1H3;3*1H;1H3. The minimum Gasteiger partial charge on any atom is -0.344 e. The van der Waals surface area contributed by atoms with Gasteiger partial charge in [0, 0.05) is 0 Å². The van der Waals surface area contributed by atoms with E-state index in [1.807, 2.05) is 36.4 Å². The number of nitrogens with two attached hydrogens (primary N) is 1. The maximum Gasteiger partial charge on any atom is -0.0195 e. The maximum atomic E-state index is 4.50. The van der Waals surface area contributed by atoms with Crippen molar-refractivity contribution in [3.8, 4) is 0 Å². The first-order chi connectivity index (χ1) is 4.00. The van der Waals surface area contributed by atoms with Crippen molar-refractivity contribution in [2.45, 2.75) is 0 Å². The van der Waals surface area contributed by atoms with E-state index < -0.39 is 0 Å². The molecule has 0 saturated heterocycles. The van der Waals surface area contributed by atoms with Gasteiger partial charge < -0.3 is 11.9 Å². The Morgan fingerprint density at radius 3 is 0.750 bits per heavy atom. The number of benzene rings is 1. The normalized spacial score (nSPS) is 4.50. The highest BCUT2D eigenvalue weighted by atomic mass is 79.9. The first-order valence-electron chi connectivity index (χ1n) is 2.58. The minimum absolute atomic E-state index is 0. The van der Waals surface area contributed by atoms with E-state index in [0.717, 1.165) is 0 Å². The third-order valence-corrected chi connectivity index (χ3v) is 0.667. The van der Waals surface area contributed by atoms with Gasteiger partial charge >= 0.3 is 0 Å². The molecule has 12 heavy (non-hydrogen) atoms. The van der Waals surface area contributed by atoms with E-state index in [0.29, 0.717) is 0 Å². The summed E-state index contributed by atoms with van der Waals surface area (Å²) in [5.74, 6) is 0. The zero-order valence-corrected chi connectivity index (χ0v) is 12.1. The van der Waals surface area contributed by atoms with Crippen LogP contribution in [0.25, 0.3) is 0 Å². The Bertz CT molecular complexity index is 88.6. The molecule has 0 aromatic heterocycles. The number of rotatable bonds is 0. The topological polar surface area (TPSA) is 61.0 Å². The van der Waals surface area contributed by atoms with Crippen LogP contribution in [0.5, 0.6) is 0 Å². The van der Waals surface area contributed by atoms with E-state index in [9.17, 15) is 0 Å². The number of halogens is 3. The van der Waals surface area contributed by atoms with Crippen LogP contribution in [0, 0.1) is 0 Å². The van der Waals surface area contributed by atoms with Gasteiger partial charge in [0.05, 0.1) is 0 Å². The Morgan fingerprint density at radius 1 is 0.583 bits per heavy atom. The van der Waals surface area contributed by atoms with Crippen molar-refractivity contribution in [3.63, 3.8) is 0 Å². The molecule has 0 amide bonds. The van der Waals surface area contributed by atoms with E-state index in [1.54, 1.807) is 0 Å². The largest absolute Gasteiger partial charge is 0.344 e. The molecule has 5 heteroatoms. The summed E-state index contributed by atoms with van der Waals surface area (Å²) in [5, 5.41) is 0. The Kier molecular flexibility index (Phi) is 73.2. The lowest BCUT2D eigenvalue weighted by molar-refractivity contribution is 1.48. The number of hydrogen-bond donors (Lipinski definition) is 2. The average Bonchev–Trinajstić information content (AvgIpc) is 1.96.